The number of carbonyl (C=O) groups excluding carboxylic acids is 1. The molecule has 32 heavy (non-hydrogen) atoms. The van der Waals surface area contributed by atoms with E-state index in [2.05, 4.69) is 16.4 Å². The Balaban J connectivity index is -0.0000000397. The van der Waals surface area contributed by atoms with Crippen LogP contribution in [0.5, 0.6) is 0 Å². The van der Waals surface area contributed by atoms with Crippen molar-refractivity contribution in [1.29, 1.82) is 0 Å². The van der Waals surface area contributed by atoms with Crippen molar-refractivity contribution < 1.29 is 29.6 Å². The standard InChI is InChI=1S/C9H18O.C5H8O3.2C2H6O.2C2H6.4CH4/c1-2-8-3-5-9(7-10)6-4-8;1-2-4-3-7-5(6)8-4;2*1-2-3;2*1-2;;;;/h8-10H,2-7H2,1H3;4H,2-3H2,1H3;2*3H,2H2,1H3;2*1-2H3;4*1H4. The van der Waals surface area contributed by atoms with E-state index < -0.39 is 6.16 Å². The van der Waals surface area contributed by atoms with Crippen molar-refractivity contribution >= 4 is 6.16 Å². The van der Waals surface area contributed by atoms with Crippen LogP contribution in [0.15, 0.2) is 0 Å². The molecule has 1 aliphatic carbocycles. The van der Waals surface area contributed by atoms with Crippen LogP contribution in [0.4, 0.5) is 4.79 Å². The fourth-order valence-corrected chi connectivity index (χ4v) is 2.39. The van der Waals surface area contributed by atoms with E-state index in [0.717, 1.165) is 12.3 Å². The van der Waals surface area contributed by atoms with Crippen LogP contribution in [0.2, 0.25) is 0 Å². The van der Waals surface area contributed by atoms with Gasteiger partial charge in [0.25, 0.3) is 0 Å². The van der Waals surface area contributed by atoms with Crippen molar-refractivity contribution in [2.24, 2.45) is 11.8 Å². The van der Waals surface area contributed by atoms with Crippen molar-refractivity contribution in [3.63, 3.8) is 0 Å². The van der Waals surface area contributed by atoms with Crippen LogP contribution in [-0.4, -0.2) is 54.0 Å². The summed E-state index contributed by atoms with van der Waals surface area (Å²) < 4.78 is 9.14. The van der Waals surface area contributed by atoms with Gasteiger partial charge in [-0.1, -0.05) is 90.5 Å². The largest absolute Gasteiger partial charge is 0.508 e. The molecule has 0 aromatic heterocycles. The van der Waals surface area contributed by atoms with Gasteiger partial charge in [-0.2, -0.15) is 0 Å². The van der Waals surface area contributed by atoms with Gasteiger partial charge in [-0.05, 0) is 44.9 Å². The SMILES string of the molecule is C.C.C.C.CC.CC.CCC1CCC(CO)CC1.CCC1COC(=O)O1.CCO.CCO. The van der Waals surface area contributed by atoms with Crippen molar-refractivity contribution in [3.8, 4) is 0 Å². The summed E-state index contributed by atoms with van der Waals surface area (Å²) in [6.07, 6.45) is 6.86. The van der Waals surface area contributed by atoms with E-state index in [4.69, 9.17) is 15.3 Å². The Labute approximate surface area is 204 Å². The highest BCUT2D eigenvalue weighted by Gasteiger charge is 2.22. The number of cyclic esters (lactones) is 2. The van der Waals surface area contributed by atoms with E-state index in [-0.39, 0.29) is 49.0 Å². The number of hydrogen-bond acceptors (Lipinski definition) is 6. The smallest absolute Gasteiger partial charge is 0.430 e. The minimum Gasteiger partial charge on any atom is -0.430 e. The third kappa shape index (κ3) is 39.6. The minimum atomic E-state index is -0.531. The first-order chi connectivity index (χ1) is 13.5. The summed E-state index contributed by atoms with van der Waals surface area (Å²) in [5.74, 6) is 1.59. The Morgan fingerprint density at radius 1 is 0.719 bits per heavy atom. The molecule has 1 unspecified atom stereocenters. The van der Waals surface area contributed by atoms with Gasteiger partial charge in [0.15, 0.2) is 0 Å². The molecule has 0 aromatic carbocycles. The molecule has 1 aliphatic heterocycles. The van der Waals surface area contributed by atoms with Gasteiger partial charge in [-0.3, -0.25) is 0 Å². The zero-order valence-corrected chi connectivity index (χ0v) is 19.9. The molecule has 0 radical (unpaired) electrons. The predicted octanol–water partition coefficient (Wildman–Crippen LogP) is 7.72. The topological polar surface area (TPSA) is 96.2 Å². The molecule has 3 N–H and O–H groups in total. The van der Waals surface area contributed by atoms with E-state index in [1.165, 1.54) is 32.1 Å². The predicted molar refractivity (Wildman–Crippen MR) is 144 cm³/mol. The van der Waals surface area contributed by atoms with Gasteiger partial charge in [0, 0.05) is 19.8 Å². The highest BCUT2D eigenvalue weighted by molar-refractivity contribution is 5.61. The summed E-state index contributed by atoms with van der Waals surface area (Å²) >= 11 is 0. The maximum Gasteiger partial charge on any atom is 0.508 e. The lowest BCUT2D eigenvalue weighted by atomic mass is 9.81. The Morgan fingerprint density at radius 3 is 1.25 bits per heavy atom. The van der Waals surface area contributed by atoms with Crippen LogP contribution in [0.3, 0.4) is 0 Å². The molecule has 0 spiro atoms. The van der Waals surface area contributed by atoms with Gasteiger partial charge < -0.3 is 24.8 Å². The molecule has 0 amide bonds. The lowest BCUT2D eigenvalue weighted by Crippen LogP contribution is -2.16. The Bertz CT molecular complexity index is 253. The number of ether oxygens (including phenoxy) is 2. The Morgan fingerprint density at radius 2 is 1.06 bits per heavy atom. The zero-order chi connectivity index (χ0) is 22.8. The van der Waals surface area contributed by atoms with E-state index in [0.29, 0.717) is 19.1 Å². The van der Waals surface area contributed by atoms with E-state index in [1.807, 2.05) is 34.6 Å². The highest BCUT2D eigenvalue weighted by Crippen LogP contribution is 2.29. The highest BCUT2D eigenvalue weighted by atomic mass is 16.8. The molecule has 206 valence electrons. The van der Waals surface area contributed by atoms with Crippen molar-refractivity contribution in [3.05, 3.63) is 0 Å². The lowest BCUT2D eigenvalue weighted by molar-refractivity contribution is 0.117. The molecule has 6 nitrogen and oxygen atoms in total. The molecule has 0 bridgehead atoms. The monoisotopic (exact) mass is 474 g/mol. The van der Waals surface area contributed by atoms with Gasteiger partial charge >= 0.3 is 6.16 Å². The number of rotatable bonds is 3. The van der Waals surface area contributed by atoms with Gasteiger partial charge in [0.05, 0.1) is 0 Å². The van der Waals surface area contributed by atoms with Crippen molar-refractivity contribution in [1.82, 2.24) is 0 Å². The van der Waals surface area contributed by atoms with Crippen molar-refractivity contribution in [2.45, 2.75) is 130 Å². The second-order valence-electron chi connectivity index (χ2n) is 5.82. The molecule has 1 heterocycles. The van der Waals surface area contributed by atoms with E-state index in [1.54, 1.807) is 13.8 Å². The summed E-state index contributed by atoms with van der Waals surface area (Å²) in [6, 6.07) is 0. The van der Waals surface area contributed by atoms with E-state index >= 15 is 0 Å². The maximum absolute atomic E-state index is 10.2. The zero-order valence-electron chi connectivity index (χ0n) is 19.9. The lowest BCUT2D eigenvalue weighted by Gasteiger charge is -2.26. The third-order valence-electron chi connectivity index (χ3n) is 3.91. The van der Waals surface area contributed by atoms with Gasteiger partial charge in [0.2, 0.25) is 0 Å². The second kappa shape index (κ2) is 47.8. The molecule has 2 rings (SSSR count). The average Bonchev–Trinajstić information content (AvgIpc) is 3.18. The summed E-state index contributed by atoms with van der Waals surface area (Å²) in [7, 11) is 0. The number of aliphatic hydroxyl groups excluding tert-OH is 3. The quantitative estimate of drug-likeness (QED) is 0.362. The normalized spacial score (nSPS) is 19.0. The first-order valence-electron chi connectivity index (χ1n) is 11.2. The summed E-state index contributed by atoms with van der Waals surface area (Å²) in [5.41, 5.74) is 0. The van der Waals surface area contributed by atoms with Gasteiger partial charge in [0.1, 0.15) is 12.7 Å². The maximum atomic E-state index is 10.2. The second-order valence-corrected chi connectivity index (χ2v) is 5.82. The van der Waals surface area contributed by atoms with Crippen LogP contribution < -0.4 is 0 Å². The van der Waals surface area contributed by atoms with Crippen molar-refractivity contribution in [2.75, 3.05) is 26.4 Å². The first-order valence-corrected chi connectivity index (χ1v) is 11.2. The first kappa shape index (κ1) is 52.8. The number of aliphatic hydroxyl groups is 3. The summed E-state index contributed by atoms with van der Waals surface area (Å²) in [5, 5.41) is 24.0. The Kier molecular flexibility index (Phi) is 78.9. The summed E-state index contributed by atoms with van der Waals surface area (Å²) in [4.78, 5) is 10.2. The molecule has 1 saturated carbocycles. The molecule has 1 saturated heterocycles. The fourth-order valence-electron chi connectivity index (χ4n) is 2.39. The van der Waals surface area contributed by atoms with Crippen LogP contribution in [0.25, 0.3) is 0 Å². The van der Waals surface area contributed by atoms with Crippen LogP contribution in [0, 0.1) is 11.8 Å². The molecular formula is C26H66O6. The third-order valence-corrected chi connectivity index (χ3v) is 3.91. The summed E-state index contributed by atoms with van der Waals surface area (Å²) in [6.45, 7) is 16.9. The average molecular weight is 475 g/mol. The number of hydrogen-bond donors (Lipinski definition) is 3. The number of carbonyl (C=O) groups is 1. The van der Waals surface area contributed by atoms with E-state index in [9.17, 15) is 4.79 Å². The fraction of sp³-hybridized carbons (Fsp3) is 0.962. The van der Waals surface area contributed by atoms with Crippen LogP contribution >= 0.6 is 0 Å². The van der Waals surface area contributed by atoms with Crippen LogP contribution in [0.1, 0.15) is 124 Å². The van der Waals surface area contributed by atoms with Crippen LogP contribution in [-0.2, 0) is 9.47 Å². The van der Waals surface area contributed by atoms with Gasteiger partial charge in [-0.25, -0.2) is 4.79 Å². The molecule has 0 aromatic rings. The Hall–Kier alpha value is -0.850. The minimum absolute atomic E-state index is 0. The molecule has 1 atom stereocenters. The molecule has 2 fully saturated rings. The van der Waals surface area contributed by atoms with Gasteiger partial charge in [-0.15, -0.1) is 0 Å². The molecular weight excluding hydrogens is 408 g/mol. The molecule has 6 heteroatoms. The molecule has 2 aliphatic rings.